The molecule has 0 saturated carbocycles. The second-order valence-electron chi connectivity index (χ2n) is 6.75. The first-order chi connectivity index (χ1) is 13.6. The summed E-state index contributed by atoms with van der Waals surface area (Å²) in [5, 5.41) is 8.53. The van der Waals surface area contributed by atoms with Crippen LogP contribution in [0.4, 0.5) is 5.00 Å². The summed E-state index contributed by atoms with van der Waals surface area (Å²) in [6.07, 6.45) is 6.27. The summed E-state index contributed by atoms with van der Waals surface area (Å²) in [5.74, 6) is -0.256. The van der Waals surface area contributed by atoms with E-state index in [9.17, 15) is 4.79 Å². The number of esters is 1. The average Bonchev–Trinajstić information content (AvgIpc) is 2.84. The smallest absolute Gasteiger partial charge is 0.341 e. The van der Waals surface area contributed by atoms with Gasteiger partial charge in [-0.05, 0) is 74.5 Å². The number of carbonyl (C=O) groups is 1. The quantitative estimate of drug-likeness (QED) is 0.362. The van der Waals surface area contributed by atoms with Crippen molar-refractivity contribution in [3.63, 3.8) is 0 Å². The molecule has 2 N–H and O–H groups in total. The lowest BCUT2D eigenvalue weighted by Gasteiger charge is -2.12. The third-order valence-electron chi connectivity index (χ3n) is 4.74. The summed E-state index contributed by atoms with van der Waals surface area (Å²) in [4.78, 5) is 13.9. The van der Waals surface area contributed by atoms with E-state index in [1.54, 1.807) is 11.3 Å². The minimum atomic E-state index is -0.256. The number of rotatable bonds is 6. The van der Waals surface area contributed by atoms with Crippen LogP contribution in [0, 0.1) is 0 Å². The van der Waals surface area contributed by atoms with Gasteiger partial charge in [0.05, 0.1) is 12.2 Å². The molecule has 1 aliphatic rings. The third kappa shape index (κ3) is 5.46. The van der Waals surface area contributed by atoms with Crippen LogP contribution in [0.3, 0.4) is 0 Å². The monoisotopic (exact) mass is 436 g/mol. The molecule has 150 valence electrons. The molecule has 0 bridgehead atoms. The number of carbonyl (C=O) groups excluding carboxylic acids is 1. The lowest BCUT2D eigenvalue weighted by molar-refractivity contribution is 0.0527. The zero-order valence-electron chi connectivity index (χ0n) is 16.0. The predicted octanol–water partition coefficient (Wildman–Crippen LogP) is 5.38. The Morgan fingerprint density at radius 1 is 1.21 bits per heavy atom. The Labute approximate surface area is 180 Å². The molecular formula is C21H25ClN2O2S2. The van der Waals surface area contributed by atoms with Gasteiger partial charge in [-0.1, -0.05) is 30.2 Å². The van der Waals surface area contributed by atoms with Crippen molar-refractivity contribution >= 4 is 51.2 Å². The number of fused-ring (bicyclic) bond motifs is 1. The van der Waals surface area contributed by atoms with Gasteiger partial charge in [-0.3, -0.25) is 0 Å². The van der Waals surface area contributed by atoms with Crippen LogP contribution < -0.4 is 10.6 Å². The number of aryl methyl sites for hydroxylation is 1. The molecule has 0 unspecified atom stereocenters. The van der Waals surface area contributed by atoms with Crippen molar-refractivity contribution in [3.8, 4) is 0 Å². The Hall–Kier alpha value is -1.63. The summed E-state index contributed by atoms with van der Waals surface area (Å²) in [5.41, 5.74) is 3.01. The number of ether oxygens (including phenoxy) is 1. The van der Waals surface area contributed by atoms with E-state index < -0.39 is 0 Å². The Bertz CT molecular complexity index is 834. The lowest BCUT2D eigenvalue weighted by atomic mass is 10.1. The van der Waals surface area contributed by atoms with Gasteiger partial charge in [0.1, 0.15) is 5.00 Å². The molecule has 1 aromatic heterocycles. The van der Waals surface area contributed by atoms with Crippen molar-refractivity contribution in [2.45, 2.75) is 45.4 Å². The number of halogens is 1. The number of hydrogen-bond acceptors (Lipinski definition) is 4. The number of thiophene rings is 1. The van der Waals surface area contributed by atoms with Gasteiger partial charge < -0.3 is 15.4 Å². The highest BCUT2D eigenvalue weighted by molar-refractivity contribution is 7.80. The summed E-state index contributed by atoms with van der Waals surface area (Å²) in [7, 11) is 0. The highest BCUT2D eigenvalue weighted by Gasteiger charge is 2.26. The lowest BCUT2D eigenvalue weighted by Crippen LogP contribution is -2.30. The number of thiocarbonyl (C=S) groups is 1. The van der Waals surface area contributed by atoms with E-state index in [1.165, 1.54) is 23.3 Å². The standard InChI is InChI=1S/C21H25ClN2O2S2/c1-2-26-20(25)18-16-6-4-3-5-7-17(16)28-19(18)24-21(27)23-13-12-14-8-10-15(22)11-9-14/h8-11H,2-7,12-13H2,1H3,(H2,23,24,27). The second kappa shape index (κ2) is 10.2. The molecule has 0 aliphatic heterocycles. The van der Waals surface area contributed by atoms with Gasteiger partial charge in [-0.15, -0.1) is 11.3 Å². The van der Waals surface area contributed by atoms with Gasteiger partial charge in [-0.2, -0.15) is 0 Å². The third-order valence-corrected chi connectivity index (χ3v) is 6.45. The van der Waals surface area contributed by atoms with Crippen molar-refractivity contribution in [2.75, 3.05) is 18.5 Å². The van der Waals surface area contributed by atoms with E-state index in [1.807, 2.05) is 31.2 Å². The number of anilines is 1. The van der Waals surface area contributed by atoms with Crippen LogP contribution in [0.25, 0.3) is 0 Å². The molecular weight excluding hydrogens is 412 g/mol. The van der Waals surface area contributed by atoms with Crippen LogP contribution in [0.1, 0.15) is 52.5 Å². The fraction of sp³-hybridized carbons (Fsp3) is 0.429. The maximum absolute atomic E-state index is 12.6. The molecule has 0 amide bonds. The molecule has 7 heteroatoms. The Morgan fingerprint density at radius 3 is 2.71 bits per heavy atom. The number of nitrogens with one attached hydrogen (secondary N) is 2. The molecule has 0 spiro atoms. The van der Waals surface area contributed by atoms with Crippen molar-refractivity contribution in [3.05, 3.63) is 50.9 Å². The normalized spacial score (nSPS) is 13.4. The van der Waals surface area contributed by atoms with Gasteiger partial charge in [-0.25, -0.2) is 4.79 Å². The minimum absolute atomic E-state index is 0.256. The summed E-state index contributed by atoms with van der Waals surface area (Å²) in [6.45, 7) is 2.90. The maximum Gasteiger partial charge on any atom is 0.341 e. The maximum atomic E-state index is 12.6. The zero-order chi connectivity index (χ0) is 19.9. The SMILES string of the molecule is CCOC(=O)c1c(NC(=S)NCCc2ccc(Cl)cc2)sc2c1CCCCC2. The highest BCUT2D eigenvalue weighted by atomic mass is 35.5. The second-order valence-corrected chi connectivity index (χ2v) is 8.70. The Morgan fingerprint density at radius 2 is 1.96 bits per heavy atom. The molecule has 2 aromatic rings. The van der Waals surface area contributed by atoms with Gasteiger partial charge in [0.2, 0.25) is 0 Å². The van der Waals surface area contributed by atoms with Crippen molar-refractivity contribution in [1.29, 1.82) is 0 Å². The molecule has 0 fully saturated rings. The van der Waals surface area contributed by atoms with E-state index in [0.717, 1.165) is 41.3 Å². The van der Waals surface area contributed by atoms with Gasteiger partial charge in [0.25, 0.3) is 0 Å². The predicted molar refractivity (Wildman–Crippen MR) is 121 cm³/mol. The van der Waals surface area contributed by atoms with E-state index in [2.05, 4.69) is 10.6 Å². The largest absolute Gasteiger partial charge is 0.462 e. The van der Waals surface area contributed by atoms with Gasteiger partial charge in [0.15, 0.2) is 5.11 Å². The zero-order valence-corrected chi connectivity index (χ0v) is 18.4. The molecule has 0 saturated heterocycles. The van der Waals surface area contributed by atoms with Crippen molar-refractivity contribution < 1.29 is 9.53 Å². The molecule has 28 heavy (non-hydrogen) atoms. The first-order valence-corrected chi connectivity index (χ1v) is 11.3. The molecule has 1 aromatic carbocycles. The summed E-state index contributed by atoms with van der Waals surface area (Å²) < 4.78 is 5.32. The fourth-order valence-electron chi connectivity index (χ4n) is 3.37. The number of hydrogen-bond donors (Lipinski definition) is 2. The fourth-order valence-corrected chi connectivity index (χ4v) is 5.05. The first kappa shape index (κ1) is 21.1. The van der Waals surface area contributed by atoms with Crippen molar-refractivity contribution in [2.24, 2.45) is 0 Å². The van der Waals surface area contributed by atoms with Crippen molar-refractivity contribution in [1.82, 2.24) is 5.32 Å². The topological polar surface area (TPSA) is 50.4 Å². The van der Waals surface area contributed by atoms with Gasteiger partial charge >= 0.3 is 5.97 Å². The molecule has 4 nitrogen and oxygen atoms in total. The van der Waals surface area contributed by atoms with Crippen LogP contribution >= 0.6 is 35.2 Å². The molecule has 3 rings (SSSR count). The van der Waals surface area contributed by atoms with Crippen LogP contribution in [-0.2, 0) is 24.0 Å². The minimum Gasteiger partial charge on any atom is -0.462 e. The average molecular weight is 437 g/mol. The number of benzene rings is 1. The molecule has 1 heterocycles. The molecule has 0 atom stereocenters. The summed E-state index contributed by atoms with van der Waals surface area (Å²) >= 11 is 13.0. The van der Waals surface area contributed by atoms with Crippen LogP contribution in [0.15, 0.2) is 24.3 Å². The van der Waals surface area contributed by atoms with E-state index in [4.69, 9.17) is 28.6 Å². The van der Waals surface area contributed by atoms with E-state index in [0.29, 0.717) is 23.8 Å². The highest BCUT2D eigenvalue weighted by Crippen LogP contribution is 2.38. The first-order valence-electron chi connectivity index (χ1n) is 9.69. The van der Waals surface area contributed by atoms with Crippen LogP contribution in [0.2, 0.25) is 5.02 Å². The Kier molecular flexibility index (Phi) is 7.71. The van der Waals surface area contributed by atoms with Gasteiger partial charge in [0, 0.05) is 16.4 Å². The van der Waals surface area contributed by atoms with E-state index in [-0.39, 0.29) is 5.97 Å². The molecule has 1 aliphatic carbocycles. The summed E-state index contributed by atoms with van der Waals surface area (Å²) in [6, 6.07) is 7.79. The Balaban J connectivity index is 1.65. The van der Waals surface area contributed by atoms with Crippen LogP contribution in [-0.4, -0.2) is 24.2 Å². The van der Waals surface area contributed by atoms with Crippen LogP contribution in [0.5, 0.6) is 0 Å². The molecule has 0 radical (unpaired) electrons. The van der Waals surface area contributed by atoms with E-state index >= 15 is 0 Å².